The van der Waals surface area contributed by atoms with Gasteiger partial charge in [-0.3, -0.25) is 14.5 Å². The average molecular weight is 267 g/mol. The minimum atomic E-state index is -0.0819. The zero-order valence-corrected chi connectivity index (χ0v) is 11.5. The lowest BCUT2D eigenvalue weighted by Gasteiger charge is -2.18. The Morgan fingerprint density at radius 2 is 1.65 bits per heavy atom. The number of fused-ring (bicyclic) bond motifs is 5. The molecule has 4 atom stereocenters. The lowest BCUT2D eigenvalue weighted by Crippen LogP contribution is -2.32. The largest absolute Gasteiger partial charge is 0.278 e. The molecule has 3 nitrogen and oxygen atoms in total. The van der Waals surface area contributed by atoms with Crippen LogP contribution in [-0.2, 0) is 16.1 Å². The topological polar surface area (TPSA) is 37.4 Å². The summed E-state index contributed by atoms with van der Waals surface area (Å²) in [5, 5.41) is 0. The Balaban J connectivity index is 1.64. The minimum Gasteiger partial charge on any atom is -0.278 e. The predicted octanol–water partition coefficient (Wildman–Crippen LogP) is 2.30. The standard InChI is InChI=1S/C17H17NO2/c1-10-4-2-3-5-13(10)9-18-16(19)14-11-6-7-12(8-11)15(14)17(18)20/h2-7,11-12,14-15H,8-9H2,1H3/t11-,12-,14+,15+/m0/s1. The Hall–Kier alpha value is -1.90. The molecule has 20 heavy (non-hydrogen) atoms. The number of carbonyl (C=O) groups excluding carboxylic acids is 2. The maximum Gasteiger partial charge on any atom is 0.234 e. The van der Waals surface area contributed by atoms with E-state index in [1.165, 1.54) is 4.90 Å². The third kappa shape index (κ3) is 1.46. The van der Waals surface area contributed by atoms with Crippen LogP contribution >= 0.6 is 0 Å². The summed E-state index contributed by atoms with van der Waals surface area (Å²) in [5.41, 5.74) is 2.20. The molecule has 0 aromatic heterocycles. The van der Waals surface area contributed by atoms with Crippen LogP contribution in [0.3, 0.4) is 0 Å². The summed E-state index contributed by atoms with van der Waals surface area (Å²) in [6, 6.07) is 7.95. The summed E-state index contributed by atoms with van der Waals surface area (Å²) >= 11 is 0. The summed E-state index contributed by atoms with van der Waals surface area (Å²) in [4.78, 5) is 26.6. The Morgan fingerprint density at radius 1 is 1.05 bits per heavy atom. The number of imide groups is 1. The molecule has 1 aliphatic heterocycles. The van der Waals surface area contributed by atoms with Crippen molar-refractivity contribution >= 4 is 11.8 Å². The molecule has 0 spiro atoms. The number of amides is 2. The number of benzene rings is 1. The highest BCUT2D eigenvalue weighted by Gasteiger charge is 2.59. The Labute approximate surface area is 118 Å². The van der Waals surface area contributed by atoms with Crippen molar-refractivity contribution in [2.45, 2.75) is 19.9 Å². The third-order valence-electron chi connectivity index (χ3n) is 5.15. The molecular formula is C17H17NO2. The first-order valence-corrected chi connectivity index (χ1v) is 7.25. The molecule has 1 saturated carbocycles. The van der Waals surface area contributed by atoms with Gasteiger partial charge >= 0.3 is 0 Å². The molecule has 1 heterocycles. The van der Waals surface area contributed by atoms with Crippen LogP contribution in [0.15, 0.2) is 36.4 Å². The van der Waals surface area contributed by atoms with Gasteiger partial charge in [-0.15, -0.1) is 0 Å². The predicted molar refractivity (Wildman–Crippen MR) is 74.5 cm³/mol. The van der Waals surface area contributed by atoms with Crippen molar-refractivity contribution in [3.05, 3.63) is 47.5 Å². The van der Waals surface area contributed by atoms with Crippen molar-refractivity contribution in [3.63, 3.8) is 0 Å². The summed E-state index contributed by atoms with van der Waals surface area (Å²) in [6.07, 6.45) is 5.26. The normalized spacial score (nSPS) is 34.1. The zero-order chi connectivity index (χ0) is 13.9. The first-order valence-electron chi connectivity index (χ1n) is 7.25. The first-order chi connectivity index (χ1) is 9.66. The van der Waals surface area contributed by atoms with Gasteiger partial charge in [-0.25, -0.2) is 0 Å². The monoisotopic (exact) mass is 267 g/mol. The van der Waals surface area contributed by atoms with Gasteiger partial charge in [0.2, 0.25) is 11.8 Å². The number of rotatable bonds is 2. The van der Waals surface area contributed by atoms with Gasteiger partial charge in [-0.1, -0.05) is 36.4 Å². The van der Waals surface area contributed by atoms with Gasteiger partial charge in [0.25, 0.3) is 0 Å². The highest BCUT2D eigenvalue weighted by atomic mass is 16.2. The van der Waals surface area contributed by atoms with E-state index in [4.69, 9.17) is 0 Å². The number of aryl methyl sites for hydroxylation is 1. The molecule has 1 saturated heterocycles. The molecule has 0 radical (unpaired) electrons. The van der Waals surface area contributed by atoms with Gasteiger partial charge < -0.3 is 0 Å². The summed E-state index contributed by atoms with van der Waals surface area (Å²) in [6.45, 7) is 2.45. The molecule has 3 heteroatoms. The SMILES string of the molecule is Cc1ccccc1CN1C(=O)[C@H]2[C@H](C1=O)[C@H]1C=C[C@H]2C1. The molecule has 3 aliphatic rings. The van der Waals surface area contributed by atoms with Gasteiger partial charge in [0, 0.05) is 0 Å². The van der Waals surface area contributed by atoms with Crippen molar-refractivity contribution in [2.24, 2.45) is 23.7 Å². The van der Waals surface area contributed by atoms with Gasteiger partial charge in [-0.2, -0.15) is 0 Å². The van der Waals surface area contributed by atoms with E-state index in [0.29, 0.717) is 18.4 Å². The molecule has 2 bridgehead atoms. The molecular weight excluding hydrogens is 250 g/mol. The summed E-state index contributed by atoms with van der Waals surface area (Å²) in [5.74, 6) is 0.509. The molecule has 4 rings (SSSR count). The maximum absolute atomic E-state index is 12.6. The van der Waals surface area contributed by atoms with E-state index in [2.05, 4.69) is 12.2 Å². The van der Waals surface area contributed by atoms with Crippen molar-refractivity contribution in [1.82, 2.24) is 4.90 Å². The molecule has 2 fully saturated rings. The number of hydrogen-bond donors (Lipinski definition) is 0. The van der Waals surface area contributed by atoms with Crippen molar-refractivity contribution in [2.75, 3.05) is 0 Å². The highest BCUT2D eigenvalue weighted by Crippen LogP contribution is 2.52. The second-order valence-electron chi connectivity index (χ2n) is 6.19. The second kappa shape index (κ2) is 4.05. The van der Waals surface area contributed by atoms with Gasteiger partial charge in [0.15, 0.2) is 0 Å². The van der Waals surface area contributed by atoms with Gasteiger partial charge in [-0.05, 0) is 36.3 Å². The van der Waals surface area contributed by atoms with E-state index in [1.54, 1.807) is 0 Å². The van der Waals surface area contributed by atoms with Crippen LogP contribution in [0.2, 0.25) is 0 Å². The van der Waals surface area contributed by atoms with Gasteiger partial charge in [0.05, 0.1) is 18.4 Å². The van der Waals surface area contributed by atoms with E-state index in [-0.39, 0.29) is 23.7 Å². The van der Waals surface area contributed by atoms with E-state index < -0.39 is 0 Å². The number of carbonyl (C=O) groups is 2. The van der Waals surface area contributed by atoms with E-state index in [1.807, 2.05) is 31.2 Å². The van der Waals surface area contributed by atoms with E-state index in [0.717, 1.165) is 17.5 Å². The van der Waals surface area contributed by atoms with E-state index in [9.17, 15) is 9.59 Å². The first kappa shape index (κ1) is 11.9. The smallest absolute Gasteiger partial charge is 0.234 e. The Kier molecular flexibility index (Phi) is 2.40. The van der Waals surface area contributed by atoms with Crippen LogP contribution in [0, 0.1) is 30.6 Å². The number of hydrogen-bond acceptors (Lipinski definition) is 2. The molecule has 2 amide bonds. The molecule has 2 aliphatic carbocycles. The minimum absolute atomic E-state index is 0.0418. The molecule has 0 unspecified atom stereocenters. The van der Waals surface area contributed by atoms with Crippen LogP contribution in [-0.4, -0.2) is 16.7 Å². The highest BCUT2D eigenvalue weighted by molar-refractivity contribution is 6.06. The lowest BCUT2D eigenvalue weighted by atomic mass is 9.85. The Morgan fingerprint density at radius 3 is 2.25 bits per heavy atom. The molecule has 102 valence electrons. The van der Waals surface area contributed by atoms with Crippen molar-refractivity contribution in [1.29, 1.82) is 0 Å². The number of allylic oxidation sites excluding steroid dienone is 2. The molecule has 1 aromatic rings. The van der Waals surface area contributed by atoms with Crippen LogP contribution in [0.5, 0.6) is 0 Å². The van der Waals surface area contributed by atoms with Crippen molar-refractivity contribution < 1.29 is 9.59 Å². The average Bonchev–Trinajstić information content (AvgIpc) is 3.10. The fourth-order valence-corrected chi connectivity index (χ4v) is 4.08. The quantitative estimate of drug-likeness (QED) is 0.609. The van der Waals surface area contributed by atoms with E-state index >= 15 is 0 Å². The van der Waals surface area contributed by atoms with Crippen LogP contribution < -0.4 is 0 Å². The zero-order valence-electron chi connectivity index (χ0n) is 11.5. The van der Waals surface area contributed by atoms with Gasteiger partial charge in [0.1, 0.15) is 0 Å². The number of nitrogens with zero attached hydrogens (tertiary/aromatic N) is 1. The maximum atomic E-state index is 12.6. The van der Waals surface area contributed by atoms with Crippen LogP contribution in [0.1, 0.15) is 17.5 Å². The fraction of sp³-hybridized carbons (Fsp3) is 0.412. The third-order valence-corrected chi connectivity index (χ3v) is 5.15. The fourth-order valence-electron chi connectivity index (χ4n) is 4.08. The summed E-state index contributed by atoms with van der Waals surface area (Å²) < 4.78 is 0. The molecule has 1 aromatic carbocycles. The van der Waals surface area contributed by atoms with Crippen molar-refractivity contribution in [3.8, 4) is 0 Å². The second-order valence-corrected chi connectivity index (χ2v) is 6.19. The van der Waals surface area contributed by atoms with Crippen LogP contribution in [0.4, 0.5) is 0 Å². The van der Waals surface area contributed by atoms with Crippen LogP contribution in [0.25, 0.3) is 0 Å². The number of likely N-dealkylation sites (tertiary alicyclic amines) is 1. The summed E-state index contributed by atoms with van der Waals surface area (Å²) in [7, 11) is 0. The Bertz CT molecular complexity index is 604. The lowest BCUT2D eigenvalue weighted by molar-refractivity contribution is -0.141. The molecule has 0 N–H and O–H groups in total.